The van der Waals surface area contributed by atoms with E-state index in [1.54, 1.807) is 12.1 Å². The van der Waals surface area contributed by atoms with E-state index in [0.29, 0.717) is 12.1 Å². The second-order valence-corrected chi connectivity index (χ2v) is 11.7. The number of rotatable bonds is 7. The summed E-state index contributed by atoms with van der Waals surface area (Å²) >= 11 is 0. The third-order valence-corrected chi connectivity index (χ3v) is 8.62. The number of carbonyl (C=O) groups is 1. The minimum absolute atomic E-state index is 0.118. The van der Waals surface area contributed by atoms with Gasteiger partial charge in [0.25, 0.3) is 5.91 Å². The normalized spacial score (nSPS) is 17.4. The number of benzene rings is 1. The van der Waals surface area contributed by atoms with Crippen LogP contribution in [0.3, 0.4) is 0 Å². The molecule has 0 atom stereocenters. The lowest BCUT2D eigenvalue weighted by molar-refractivity contribution is 0.0951. The Morgan fingerprint density at radius 1 is 1.06 bits per heavy atom. The smallest absolute Gasteiger partial charge is 0.253 e. The summed E-state index contributed by atoms with van der Waals surface area (Å²) in [7, 11) is -0.658. The van der Waals surface area contributed by atoms with Gasteiger partial charge in [0.05, 0.1) is 10.5 Å². The molecule has 0 unspecified atom stereocenters. The number of hydrogen-bond acceptors (Lipinski definition) is 6. The Hall–Kier alpha value is -2.65. The van der Waals surface area contributed by atoms with E-state index in [1.807, 2.05) is 18.3 Å². The molecule has 0 spiro atoms. The largest absolute Gasteiger partial charge is 0.371 e. The monoisotopic (exact) mass is 485 g/mol. The summed E-state index contributed by atoms with van der Waals surface area (Å²) in [4.78, 5) is 22.4. The number of nitrogens with one attached hydrogen (secondary N) is 1. The van der Waals surface area contributed by atoms with Gasteiger partial charge in [0.2, 0.25) is 10.0 Å². The third-order valence-electron chi connectivity index (χ3n) is 6.81. The van der Waals surface area contributed by atoms with Crippen LogP contribution in [0.5, 0.6) is 0 Å². The number of carbonyl (C=O) groups excluding carboxylic acids is 1. The molecule has 2 aliphatic rings. The van der Waals surface area contributed by atoms with Crippen LogP contribution in [0.1, 0.15) is 48.5 Å². The number of pyridine rings is 1. The van der Waals surface area contributed by atoms with Gasteiger partial charge in [0.1, 0.15) is 5.82 Å². The maximum Gasteiger partial charge on any atom is 0.253 e. The van der Waals surface area contributed by atoms with E-state index in [1.165, 1.54) is 33.0 Å². The summed E-state index contributed by atoms with van der Waals surface area (Å²) in [5, 5.41) is 2.96. The fourth-order valence-corrected chi connectivity index (χ4v) is 5.45. The van der Waals surface area contributed by atoms with Crippen molar-refractivity contribution < 1.29 is 13.2 Å². The molecule has 1 N–H and O–H groups in total. The standard InChI is InChI=1S/C25H35N5O3S/c1-19-10-14-30(15-11-19)24-9-6-20(17-26-24)18-27-25(31)22-16-21(34(32,33)28(2)3)7-8-23(22)29-12-4-5-13-29/h6-9,16-17,19H,4-5,10-15,18H2,1-3H3,(H,27,31). The fraction of sp³-hybridized carbons (Fsp3) is 0.520. The van der Waals surface area contributed by atoms with Crippen molar-refractivity contribution in [3.8, 4) is 0 Å². The molecule has 0 saturated carbocycles. The molecule has 0 aliphatic carbocycles. The van der Waals surface area contributed by atoms with E-state index < -0.39 is 10.0 Å². The maximum atomic E-state index is 13.2. The van der Waals surface area contributed by atoms with Gasteiger partial charge in [-0.05, 0) is 61.4 Å². The Balaban J connectivity index is 1.49. The van der Waals surface area contributed by atoms with Crippen molar-refractivity contribution >= 4 is 27.4 Å². The van der Waals surface area contributed by atoms with Gasteiger partial charge in [0, 0.05) is 58.7 Å². The van der Waals surface area contributed by atoms with Crippen molar-refractivity contribution in [2.75, 3.05) is 50.1 Å². The predicted octanol–water partition coefficient (Wildman–Crippen LogP) is 3.10. The van der Waals surface area contributed by atoms with Gasteiger partial charge < -0.3 is 15.1 Å². The summed E-state index contributed by atoms with van der Waals surface area (Å²) in [6, 6.07) is 8.85. The molecule has 9 heteroatoms. The lowest BCUT2D eigenvalue weighted by Crippen LogP contribution is -2.33. The summed E-state index contributed by atoms with van der Waals surface area (Å²) in [5.41, 5.74) is 2.07. The first-order valence-corrected chi connectivity index (χ1v) is 13.5. The Labute approximate surface area is 203 Å². The first-order chi connectivity index (χ1) is 16.3. The number of nitrogens with zero attached hydrogens (tertiary/aromatic N) is 4. The van der Waals surface area contributed by atoms with Crippen LogP contribution in [0.25, 0.3) is 0 Å². The minimum atomic E-state index is -3.64. The molecule has 2 aliphatic heterocycles. The topological polar surface area (TPSA) is 85.8 Å². The molecule has 2 aromatic rings. The molecular formula is C25H35N5O3S. The van der Waals surface area contributed by atoms with Gasteiger partial charge >= 0.3 is 0 Å². The second-order valence-electron chi connectivity index (χ2n) is 9.54. The van der Waals surface area contributed by atoms with Crippen molar-refractivity contribution in [3.05, 3.63) is 47.7 Å². The van der Waals surface area contributed by atoms with Gasteiger partial charge in [-0.25, -0.2) is 17.7 Å². The zero-order valence-corrected chi connectivity index (χ0v) is 21.1. The number of sulfonamides is 1. The van der Waals surface area contributed by atoms with Crippen molar-refractivity contribution in [1.29, 1.82) is 0 Å². The molecular weight excluding hydrogens is 450 g/mol. The summed E-state index contributed by atoms with van der Waals surface area (Å²) in [6.45, 7) is 6.39. The van der Waals surface area contributed by atoms with Crippen molar-refractivity contribution in [2.45, 2.75) is 44.0 Å². The molecule has 0 radical (unpaired) electrons. The Bertz CT molecular complexity index is 1100. The summed E-state index contributed by atoms with van der Waals surface area (Å²) < 4.78 is 26.5. The number of aromatic nitrogens is 1. The Kier molecular flexibility index (Phi) is 7.42. The van der Waals surface area contributed by atoms with E-state index in [2.05, 4.69) is 27.0 Å². The number of amides is 1. The molecule has 1 aromatic heterocycles. The van der Waals surface area contributed by atoms with Gasteiger partial charge in [-0.1, -0.05) is 13.0 Å². The SMILES string of the molecule is CC1CCN(c2ccc(CNC(=O)c3cc(S(=O)(=O)N(C)C)ccc3N3CCCC3)cn2)CC1. The van der Waals surface area contributed by atoms with Crippen LogP contribution in [0.4, 0.5) is 11.5 Å². The second kappa shape index (κ2) is 10.3. The van der Waals surface area contributed by atoms with Crippen molar-refractivity contribution in [1.82, 2.24) is 14.6 Å². The summed E-state index contributed by atoms with van der Waals surface area (Å²) in [6.07, 6.45) is 6.30. The van der Waals surface area contributed by atoms with Gasteiger partial charge in [-0.2, -0.15) is 0 Å². The van der Waals surface area contributed by atoms with E-state index in [9.17, 15) is 13.2 Å². The lowest BCUT2D eigenvalue weighted by Gasteiger charge is -2.31. The minimum Gasteiger partial charge on any atom is -0.371 e. The Morgan fingerprint density at radius 2 is 1.76 bits per heavy atom. The molecule has 3 heterocycles. The zero-order chi connectivity index (χ0) is 24.3. The van der Waals surface area contributed by atoms with E-state index in [4.69, 9.17) is 0 Å². The maximum absolute atomic E-state index is 13.2. The molecule has 34 heavy (non-hydrogen) atoms. The average Bonchev–Trinajstić information content (AvgIpc) is 3.38. The Morgan fingerprint density at radius 3 is 2.38 bits per heavy atom. The van der Waals surface area contributed by atoms with Crippen LogP contribution in [-0.2, 0) is 16.6 Å². The highest BCUT2D eigenvalue weighted by Gasteiger charge is 2.24. The fourth-order valence-electron chi connectivity index (χ4n) is 4.53. The van der Waals surface area contributed by atoms with Crippen LogP contribution < -0.4 is 15.1 Å². The van der Waals surface area contributed by atoms with E-state index >= 15 is 0 Å². The average molecular weight is 486 g/mol. The van der Waals surface area contributed by atoms with E-state index in [-0.39, 0.29) is 10.8 Å². The molecule has 4 rings (SSSR count). The molecule has 1 amide bonds. The molecule has 8 nitrogen and oxygen atoms in total. The lowest BCUT2D eigenvalue weighted by atomic mass is 9.99. The van der Waals surface area contributed by atoms with Crippen LogP contribution in [0.2, 0.25) is 0 Å². The molecule has 2 saturated heterocycles. The van der Waals surface area contributed by atoms with Crippen LogP contribution in [0, 0.1) is 5.92 Å². The predicted molar refractivity (Wildman–Crippen MR) is 135 cm³/mol. The highest BCUT2D eigenvalue weighted by Crippen LogP contribution is 2.28. The quantitative estimate of drug-likeness (QED) is 0.649. The molecule has 1 aromatic carbocycles. The van der Waals surface area contributed by atoms with Gasteiger partial charge in [0.15, 0.2) is 0 Å². The van der Waals surface area contributed by atoms with Crippen LogP contribution in [-0.4, -0.2) is 63.9 Å². The van der Waals surface area contributed by atoms with Crippen LogP contribution in [0.15, 0.2) is 41.4 Å². The third kappa shape index (κ3) is 5.36. The number of anilines is 2. The zero-order valence-electron chi connectivity index (χ0n) is 20.3. The van der Waals surface area contributed by atoms with Crippen LogP contribution >= 0.6 is 0 Å². The molecule has 2 fully saturated rings. The number of hydrogen-bond donors (Lipinski definition) is 1. The van der Waals surface area contributed by atoms with Crippen molar-refractivity contribution in [3.63, 3.8) is 0 Å². The first kappa shape index (κ1) is 24.5. The molecule has 0 bridgehead atoms. The highest BCUT2D eigenvalue weighted by atomic mass is 32.2. The first-order valence-electron chi connectivity index (χ1n) is 12.1. The van der Waals surface area contributed by atoms with Crippen molar-refractivity contribution in [2.24, 2.45) is 5.92 Å². The number of piperidine rings is 1. The summed E-state index contributed by atoms with van der Waals surface area (Å²) in [5.74, 6) is 1.45. The van der Waals surface area contributed by atoms with E-state index in [0.717, 1.165) is 66.3 Å². The molecule has 184 valence electrons. The van der Waals surface area contributed by atoms with Gasteiger partial charge in [-0.3, -0.25) is 4.79 Å². The van der Waals surface area contributed by atoms with Gasteiger partial charge in [-0.15, -0.1) is 0 Å². The highest BCUT2D eigenvalue weighted by molar-refractivity contribution is 7.89.